The standard InChI is InChI=1S/C14H18N2O4/c1-14(2,13(17)15-7-9-20-10-8-15)11-3-5-12(6-4-11)16(18)19/h3-6H,7-10H2,1-2H3. The summed E-state index contributed by atoms with van der Waals surface area (Å²) in [7, 11) is 0. The highest BCUT2D eigenvalue weighted by Crippen LogP contribution is 2.27. The van der Waals surface area contributed by atoms with Crippen molar-refractivity contribution < 1.29 is 14.5 Å². The molecule has 20 heavy (non-hydrogen) atoms. The number of ether oxygens (including phenoxy) is 1. The van der Waals surface area contributed by atoms with Gasteiger partial charge >= 0.3 is 0 Å². The van der Waals surface area contributed by atoms with Gasteiger partial charge in [-0.1, -0.05) is 12.1 Å². The maximum atomic E-state index is 12.6. The molecule has 1 heterocycles. The van der Waals surface area contributed by atoms with Crippen LogP contribution in [-0.4, -0.2) is 42.0 Å². The molecule has 1 amide bonds. The summed E-state index contributed by atoms with van der Waals surface area (Å²) in [5.74, 6) is 0.0228. The fourth-order valence-electron chi connectivity index (χ4n) is 2.29. The van der Waals surface area contributed by atoms with E-state index < -0.39 is 10.3 Å². The van der Waals surface area contributed by atoms with E-state index in [2.05, 4.69) is 0 Å². The molecule has 0 radical (unpaired) electrons. The van der Waals surface area contributed by atoms with Crippen LogP contribution in [0.4, 0.5) is 5.69 Å². The first-order valence-electron chi connectivity index (χ1n) is 6.55. The zero-order valence-electron chi connectivity index (χ0n) is 11.7. The van der Waals surface area contributed by atoms with Crippen molar-refractivity contribution in [3.63, 3.8) is 0 Å². The van der Waals surface area contributed by atoms with Gasteiger partial charge in [0, 0.05) is 25.2 Å². The van der Waals surface area contributed by atoms with Gasteiger partial charge in [-0.25, -0.2) is 0 Å². The molecule has 1 fully saturated rings. The number of morpholine rings is 1. The third-order valence-corrected chi connectivity index (χ3v) is 3.63. The SMILES string of the molecule is CC(C)(C(=O)N1CCOCC1)c1ccc([N+](=O)[O-])cc1. The molecule has 0 aliphatic carbocycles. The molecule has 1 saturated heterocycles. The molecule has 0 bridgehead atoms. The quantitative estimate of drug-likeness (QED) is 0.623. The minimum atomic E-state index is -0.702. The van der Waals surface area contributed by atoms with Gasteiger partial charge in [0.2, 0.25) is 5.91 Å². The van der Waals surface area contributed by atoms with Gasteiger partial charge in [0.1, 0.15) is 0 Å². The fourth-order valence-corrected chi connectivity index (χ4v) is 2.29. The zero-order valence-corrected chi connectivity index (χ0v) is 11.7. The van der Waals surface area contributed by atoms with Crippen molar-refractivity contribution in [1.82, 2.24) is 4.90 Å². The molecule has 1 aliphatic heterocycles. The average Bonchev–Trinajstić information content (AvgIpc) is 2.47. The van der Waals surface area contributed by atoms with Crippen LogP contribution in [0, 0.1) is 10.1 Å². The lowest BCUT2D eigenvalue weighted by Crippen LogP contribution is -2.48. The van der Waals surface area contributed by atoms with E-state index in [1.54, 1.807) is 17.0 Å². The predicted octanol–water partition coefficient (Wildman–Crippen LogP) is 1.73. The number of benzene rings is 1. The van der Waals surface area contributed by atoms with Crippen LogP contribution in [0.25, 0.3) is 0 Å². The molecule has 0 atom stereocenters. The van der Waals surface area contributed by atoms with Gasteiger partial charge in [-0.2, -0.15) is 0 Å². The van der Waals surface area contributed by atoms with Crippen LogP contribution in [0.3, 0.4) is 0 Å². The van der Waals surface area contributed by atoms with E-state index in [1.807, 2.05) is 13.8 Å². The van der Waals surface area contributed by atoms with Crippen molar-refractivity contribution in [3.05, 3.63) is 39.9 Å². The smallest absolute Gasteiger partial charge is 0.269 e. The molecule has 6 nitrogen and oxygen atoms in total. The van der Waals surface area contributed by atoms with Crippen LogP contribution in [-0.2, 0) is 14.9 Å². The van der Waals surface area contributed by atoms with Gasteiger partial charge in [0.15, 0.2) is 0 Å². The minimum absolute atomic E-state index is 0.0228. The number of carbonyl (C=O) groups is 1. The molecule has 0 saturated carbocycles. The van der Waals surface area contributed by atoms with E-state index in [0.717, 1.165) is 5.56 Å². The van der Waals surface area contributed by atoms with Gasteiger partial charge in [-0.3, -0.25) is 14.9 Å². The highest BCUT2D eigenvalue weighted by atomic mass is 16.6. The van der Waals surface area contributed by atoms with Crippen LogP contribution in [0.1, 0.15) is 19.4 Å². The first-order chi connectivity index (χ1) is 9.43. The Kier molecular flexibility index (Phi) is 4.04. The topological polar surface area (TPSA) is 72.7 Å². The van der Waals surface area contributed by atoms with Gasteiger partial charge in [0.05, 0.1) is 23.6 Å². The van der Waals surface area contributed by atoms with E-state index in [4.69, 9.17) is 4.74 Å². The highest BCUT2D eigenvalue weighted by Gasteiger charge is 2.34. The number of rotatable bonds is 3. The van der Waals surface area contributed by atoms with Crippen molar-refractivity contribution in [2.75, 3.05) is 26.3 Å². The van der Waals surface area contributed by atoms with Gasteiger partial charge in [-0.15, -0.1) is 0 Å². The van der Waals surface area contributed by atoms with Crippen molar-refractivity contribution in [3.8, 4) is 0 Å². The van der Waals surface area contributed by atoms with E-state index in [1.165, 1.54) is 12.1 Å². The normalized spacial score (nSPS) is 16.0. The predicted molar refractivity (Wildman–Crippen MR) is 73.5 cm³/mol. The Bertz CT molecular complexity index is 504. The Morgan fingerprint density at radius 1 is 1.25 bits per heavy atom. The first-order valence-corrected chi connectivity index (χ1v) is 6.55. The average molecular weight is 278 g/mol. The molecule has 0 unspecified atom stereocenters. The van der Waals surface area contributed by atoms with Crippen LogP contribution in [0.2, 0.25) is 0 Å². The van der Waals surface area contributed by atoms with E-state index in [-0.39, 0.29) is 11.6 Å². The Hall–Kier alpha value is -1.95. The Balaban J connectivity index is 2.19. The summed E-state index contributed by atoms with van der Waals surface area (Å²) in [6.07, 6.45) is 0. The lowest BCUT2D eigenvalue weighted by Gasteiger charge is -2.34. The lowest BCUT2D eigenvalue weighted by molar-refractivity contribution is -0.384. The molecule has 0 spiro atoms. The third kappa shape index (κ3) is 2.80. The number of hydrogen-bond acceptors (Lipinski definition) is 4. The molecule has 2 rings (SSSR count). The highest BCUT2D eigenvalue weighted by molar-refractivity contribution is 5.87. The largest absolute Gasteiger partial charge is 0.378 e. The summed E-state index contributed by atoms with van der Waals surface area (Å²) in [5, 5.41) is 10.7. The van der Waals surface area contributed by atoms with Gasteiger partial charge in [0.25, 0.3) is 5.69 Å². The molecule has 108 valence electrons. The van der Waals surface area contributed by atoms with Crippen molar-refractivity contribution in [2.24, 2.45) is 0 Å². The summed E-state index contributed by atoms with van der Waals surface area (Å²) in [4.78, 5) is 24.6. The van der Waals surface area contributed by atoms with Crippen LogP contribution < -0.4 is 0 Å². The third-order valence-electron chi connectivity index (χ3n) is 3.63. The summed E-state index contributed by atoms with van der Waals surface area (Å²) >= 11 is 0. The van der Waals surface area contributed by atoms with Crippen LogP contribution in [0.15, 0.2) is 24.3 Å². The van der Waals surface area contributed by atoms with E-state index in [9.17, 15) is 14.9 Å². The number of carbonyl (C=O) groups excluding carboxylic acids is 1. The van der Waals surface area contributed by atoms with Crippen molar-refractivity contribution in [1.29, 1.82) is 0 Å². The summed E-state index contributed by atoms with van der Waals surface area (Å²) in [5.41, 5.74) is 0.106. The summed E-state index contributed by atoms with van der Waals surface area (Å²) < 4.78 is 5.24. The first kappa shape index (κ1) is 14.5. The molecule has 0 N–H and O–H groups in total. The minimum Gasteiger partial charge on any atom is -0.378 e. The Morgan fingerprint density at radius 3 is 2.30 bits per heavy atom. The lowest BCUT2D eigenvalue weighted by atomic mass is 9.83. The molecule has 1 aromatic carbocycles. The number of nitrogens with zero attached hydrogens (tertiary/aromatic N) is 2. The Labute approximate surface area is 117 Å². The molecule has 1 aromatic rings. The number of hydrogen-bond donors (Lipinski definition) is 0. The number of non-ortho nitro benzene ring substituents is 1. The second-order valence-corrected chi connectivity index (χ2v) is 5.33. The summed E-state index contributed by atoms with van der Waals surface area (Å²) in [6.45, 7) is 5.98. The van der Waals surface area contributed by atoms with Gasteiger partial charge in [-0.05, 0) is 19.4 Å². The monoisotopic (exact) mass is 278 g/mol. The van der Waals surface area contributed by atoms with Crippen LogP contribution in [0.5, 0.6) is 0 Å². The zero-order chi connectivity index (χ0) is 14.8. The maximum absolute atomic E-state index is 12.6. The number of nitro benzene ring substituents is 1. The van der Waals surface area contributed by atoms with Crippen LogP contribution >= 0.6 is 0 Å². The Morgan fingerprint density at radius 2 is 1.80 bits per heavy atom. The van der Waals surface area contributed by atoms with Crippen molar-refractivity contribution >= 4 is 11.6 Å². The van der Waals surface area contributed by atoms with Crippen molar-refractivity contribution in [2.45, 2.75) is 19.3 Å². The number of amides is 1. The van der Waals surface area contributed by atoms with Gasteiger partial charge < -0.3 is 9.64 Å². The molecular weight excluding hydrogens is 260 g/mol. The molecule has 0 aromatic heterocycles. The maximum Gasteiger partial charge on any atom is 0.269 e. The fraction of sp³-hybridized carbons (Fsp3) is 0.500. The van der Waals surface area contributed by atoms with E-state index in [0.29, 0.717) is 26.3 Å². The number of nitro groups is 1. The molecular formula is C14H18N2O4. The molecule has 6 heteroatoms. The second-order valence-electron chi connectivity index (χ2n) is 5.33. The second kappa shape index (κ2) is 5.58. The van der Waals surface area contributed by atoms with E-state index >= 15 is 0 Å². The molecule has 1 aliphatic rings. The summed E-state index contributed by atoms with van der Waals surface area (Å²) in [6, 6.07) is 6.17.